The van der Waals surface area contributed by atoms with E-state index in [4.69, 9.17) is 46.5 Å². The van der Waals surface area contributed by atoms with Gasteiger partial charge in [0.15, 0.2) is 0 Å². The molecule has 2 aliphatic rings. The van der Waals surface area contributed by atoms with Crippen molar-refractivity contribution >= 4 is 17.6 Å². The molecule has 0 aromatic heterocycles. The van der Waals surface area contributed by atoms with Gasteiger partial charge in [-0.25, -0.2) is 0 Å². The van der Waals surface area contributed by atoms with Crippen LogP contribution in [-0.4, -0.2) is 194 Å². The molecule has 4 atom stereocenters. The van der Waals surface area contributed by atoms with Gasteiger partial charge in [-0.1, -0.05) is 194 Å². The van der Waals surface area contributed by atoms with Crippen LogP contribution in [-0.2, 0) is 41.4 Å². The summed E-state index contributed by atoms with van der Waals surface area (Å²) >= 11 is 0. The largest absolute Gasteiger partial charge is 1.00 e. The van der Waals surface area contributed by atoms with E-state index >= 15 is 0 Å². The number of rotatable bonds is 50. The van der Waals surface area contributed by atoms with Crippen molar-refractivity contribution in [2.24, 2.45) is 0 Å². The third kappa shape index (κ3) is 54.6. The first-order chi connectivity index (χ1) is 38.8. The number of hydrogen-bond acceptors (Lipinski definition) is 12. The van der Waals surface area contributed by atoms with Crippen LogP contribution < -0.4 is 24.8 Å². The van der Waals surface area contributed by atoms with Gasteiger partial charge >= 0.3 is 17.6 Å². The molecule has 0 aliphatic carbocycles. The SMILES string of the molecule is CCCCCCCCCCCCCCCCCC[N+](C)(C)CCC[Si]1(O)OCCOCC(OCCO)CCO1.CCCCCCCCCCCCCCCCCC[N+](C)(C)CCC[Si]1(O)OCCOCC(OCCOCC)CCO1.[Cl-].[Cl-]. The predicted molar refractivity (Wildman–Crippen MR) is 335 cm³/mol. The van der Waals surface area contributed by atoms with Crippen molar-refractivity contribution in [1.82, 2.24) is 0 Å². The minimum Gasteiger partial charge on any atom is -1.00 e. The Balaban J connectivity index is 0. The summed E-state index contributed by atoms with van der Waals surface area (Å²) < 4.78 is 53.6. The van der Waals surface area contributed by atoms with Crippen molar-refractivity contribution in [3.05, 3.63) is 0 Å². The van der Waals surface area contributed by atoms with E-state index in [1.165, 1.54) is 219 Å². The zero-order valence-electron chi connectivity index (χ0n) is 54.7. The number of ether oxygens (including phenoxy) is 5. The highest BCUT2D eigenvalue weighted by Gasteiger charge is 2.39. The maximum atomic E-state index is 11.1. The van der Waals surface area contributed by atoms with E-state index in [0.29, 0.717) is 104 Å². The number of quaternary nitrogens is 2. The smallest absolute Gasteiger partial charge is 0.498 e. The van der Waals surface area contributed by atoms with Crippen LogP contribution in [0.15, 0.2) is 0 Å². The Bertz CT molecular complexity index is 1310. The topological polar surface area (TPSA) is 144 Å². The Kier molecular flexibility index (Phi) is 60.9. The molecule has 2 fully saturated rings. The fraction of sp³-hybridized carbons (Fsp3) is 1.00. The van der Waals surface area contributed by atoms with Gasteiger partial charge in [-0.2, -0.15) is 0 Å². The zero-order valence-corrected chi connectivity index (χ0v) is 58.2. The summed E-state index contributed by atoms with van der Waals surface area (Å²) in [6.45, 7) is 16.4. The van der Waals surface area contributed by atoms with Crippen LogP contribution in [0.1, 0.15) is 252 Å². The normalized spacial score (nSPS) is 20.6. The number of aliphatic hydroxyl groups excluding tert-OH is 1. The lowest BCUT2D eigenvalue weighted by Crippen LogP contribution is -3.00. The van der Waals surface area contributed by atoms with Crippen LogP contribution in [0.3, 0.4) is 0 Å². The molecule has 2 heterocycles. The Morgan fingerprint density at radius 1 is 0.378 bits per heavy atom. The number of halogens is 2. The fourth-order valence-corrected chi connectivity index (χ4v) is 14.6. The average molecular weight is 1250 g/mol. The van der Waals surface area contributed by atoms with Crippen LogP contribution in [0.5, 0.6) is 0 Å². The highest BCUT2D eigenvalue weighted by Crippen LogP contribution is 2.21. The minimum absolute atomic E-state index is 0. The Morgan fingerprint density at radius 2 is 0.671 bits per heavy atom. The van der Waals surface area contributed by atoms with E-state index in [-0.39, 0.29) is 43.6 Å². The van der Waals surface area contributed by atoms with Crippen LogP contribution in [0.4, 0.5) is 0 Å². The van der Waals surface area contributed by atoms with Crippen molar-refractivity contribution in [1.29, 1.82) is 0 Å². The molecule has 0 aromatic rings. The average Bonchev–Trinajstić information content (AvgIpc) is 3.43. The fourth-order valence-electron chi connectivity index (χ4n) is 10.9. The molecule has 2 rings (SSSR count). The van der Waals surface area contributed by atoms with Gasteiger partial charge in [0.25, 0.3) is 0 Å². The summed E-state index contributed by atoms with van der Waals surface area (Å²) in [6.07, 6.45) is 47.9. The summed E-state index contributed by atoms with van der Waals surface area (Å²) in [7, 11) is 2.81. The van der Waals surface area contributed by atoms with Crippen molar-refractivity contribution in [2.75, 3.05) is 140 Å². The molecule has 2 saturated heterocycles. The van der Waals surface area contributed by atoms with Crippen LogP contribution in [0, 0.1) is 0 Å². The summed E-state index contributed by atoms with van der Waals surface area (Å²) in [5.74, 6) is 0. The highest BCUT2D eigenvalue weighted by molar-refractivity contribution is 6.59. The molecule has 0 radical (unpaired) electrons. The molecule has 0 bridgehead atoms. The summed E-state index contributed by atoms with van der Waals surface area (Å²) in [6, 6.07) is 1.18. The molecule has 0 amide bonds. The molecule has 14 nitrogen and oxygen atoms in total. The van der Waals surface area contributed by atoms with Crippen LogP contribution >= 0.6 is 0 Å². The summed E-state index contributed by atoms with van der Waals surface area (Å²) in [5.41, 5.74) is 0. The van der Waals surface area contributed by atoms with Crippen molar-refractivity contribution in [3.8, 4) is 0 Å². The van der Waals surface area contributed by atoms with Crippen molar-refractivity contribution < 1.29 is 89.9 Å². The predicted octanol–water partition coefficient (Wildman–Crippen LogP) is 8.01. The monoisotopic (exact) mass is 1250 g/mol. The first kappa shape index (κ1) is 84.5. The Hall–Kier alpha value is 0.454. The summed E-state index contributed by atoms with van der Waals surface area (Å²) in [5, 5.41) is 8.99. The molecular weight excluding hydrogens is 1120 g/mol. The number of aliphatic hydroxyl groups is 1. The van der Waals surface area contributed by atoms with Gasteiger partial charge in [0, 0.05) is 44.8 Å². The van der Waals surface area contributed by atoms with Crippen LogP contribution in [0.2, 0.25) is 12.1 Å². The molecule has 3 N–H and O–H groups in total. The maximum absolute atomic E-state index is 11.1. The molecule has 82 heavy (non-hydrogen) atoms. The van der Waals surface area contributed by atoms with E-state index in [9.17, 15) is 9.59 Å². The molecule has 2 aliphatic heterocycles. The van der Waals surface area contributed by atoms with Gasteiger partial charge in [0.05, 0.1) is 133 Å². The third-order valence-electron chi connectivity index (χ3n) is 16.2. The molecule has 0 saturated carbocycles. The van der Waals surface area contributed by atoms with Gasteiger partial charge in [0.1, 0.15) is 0 Å². The second-order valence-electron chi connectivity index (χ2n) is 25.0. The standard InChI is InChI=1S/C33H70NO6Si.C31H66NO6Si.2ClH/c1-5-7-8-9-10-11-12-13-14-15-16-17-18-19-20-21-24-34(3,4)25-22-31-41(35)39-26-23-33(32-37-28-30-40-41)38-29-27-36-6-2;1-4-5-6-7-8-9-10-11-12-13-14-15-16-17-18-19-22-32(2,3)23-20-29-39(34)37-25-21-31(36-26-24-33)30-35-27-28-38-39;;/h33,35H,5-32H2,1-4H3;31,33-34H,4-30H2,1-3H3;2*1H/q2*+1;;/p-2. The van der Waals surface area contributed by atoms with Crippen molar-refractivity contribution in [3.63, 3.8) is 0 Å². The van der Waals surface area contributed by atoms with Crippen molar-refractivity contribution in [2.45, 2.75) is 276 Å². The lowest BCUT2D eigenvalue weighted by molar-refractivity contribution is -0.890. The van der Waals surface area contributed by atoms with E-state index in [2.05, 4.69) is 42.0 Å². The van der Waals surface area contributed by atoms with Gasteiger partial charge in [-0.15, -0.1) is 0 Å². The van der Waals surface area contributed by atoms with Gasteiger partial charge in [0.2, 0.25) is 0 Å². The highest BCUT2D eigenvalue weighted by atomic mass is 35.5. The molecule has 0 aromatic carbocycles. The molecule has 496 valence electrons. The zero-order chi connectivity index (χ0) is 58.4. The van der Waals surface area contributed by atoms with E-state index in [1.807, 2.05) is 6.92 Å². The van der Waals surface area contributed by atoms with Gasteiger partial charge < -0.3 is 89.9 Å². The lowest BCUT2D eigenvalue weighted by Gasteiger charge is -2.32. The molecule has 18 heteroatoms. The Labute approximate surface area is 521 Å². The summed E-state index contributed by atoms with van der Waals surface area (Å²) in [4.78, 5) is 22.1. The quantitative estimate of drug-likeness (QED) is 0.0309. The first-order valence-corrected chi connectivity index (χ1v) is 38.0. The van der Waals surface area contributed by atoms with E-state index in [0.717, 1.165) is 34.9 Å². The number of hydrogen-bond donors (Lipinski definition) is 3. The molecular formula is C64H136Cl2N2O12Si2. The van der Waals surface area contributed by atoms with E-state index < -0.39 is 17.6 Å². The first-order valence-electron chi connectivity index (χ1n) is 34.0. The minimum atomic E-state index is -3.21. The molecule has 0 spiro atoms. The van der Waals surface area contributed by atoms with E-state index in [1.54, 1.807) is 0 Å². The van der Waals surface area contributed by atoms with Crippen LogP contribution in [0.25, 0.3) is 0 Å². The number of nitrogens with zero attached hydrogens (tertiary/aromatic N) is 2. The third-order valence-corrected chi connectivity index (χ3v) is 20.8. The maximum Gasteiger partial charge on any atom is 0.498 e. The Morgan fingerprint density at radius 3 is 0.988 bits per heavy atom. The lowest BCUT2D eigenvalue weighted by atomic mass is 10.0. The van der Waals surface area contributed by atoms with Gasteiger partial charge in [-0.3, -0.25) is 0 Å². The molecule has 4 unspecified atom stereocenters. The van der Waals surface area contributed by atoms with Gasteiger partial charge in [-0.05, 0) is 45.4 Å². The second kappa shape index (κ2) is 59.1. The second-order valence-corrected chi connectivity index (χ2v) is 30.0. The number of unbranched alkanes of at least 4 members (excludes halogenated alkanes) is 30.